The molecule has 0 fully saturated rings. The molecule has 0 saturated carbocycles. The van der Waals surface area contributed by atoms with Crippen molar-refractivity contribution in [2.45, 2.75) is 26.0 Å². The second-order valence-electron chi connectivity index (χ2n) is 4.47. The lowest BCUT2D eigenvalue weighted by atomic mass is 9.94. The zero-order chi connectivity index (χ0) is 13.2. The van der Waals surface area contributed by atoms with Gasteiger partial charge in [-0.15, -0.1) is 0 Å². The molecule has 0 amide bonds. The van der Waals surface area contributed by atoms with Crippen LogP contribution in [0.2, 0.25) is 0 Å². The van der Waals surface area contributed by atoms with Crippen molar-refractivity contribution >= 4 is 0 Å². The summed E-state index contributed by atoms with van der Waals surface area (Å²) in [7, 11) is 0. The van der Waals surface area contributed by atoms with E-state index in [1.165, 1.54) is 0 Å². The maximum Gasteiger partial charge on any atom is 0.147 e. The Morgan fingerprint density at radius 2 is 1.94 bits per heavy atom. The van der Waals surface area contributed by atoms with Gasteiger partial charge >= 0.3 is 0 Å². The Bertz CT molecular complexity index is 523. The Morgan fingerprint density at radius 1 is 1.28 bits per heavy atom. The third kappa shape index (κ3) is 2.42. The molecule has 18 heavy (non-hydrogen) atoms. The van der Waals surface area contributed by atoms with Gasteiger partial charge in [-0.3, -0.25) is 0 Å². The van der Waals surface area contributed by atoms with E-state index in [0.29, 0.717) is 12.4 Å². The molecular formula is C13H18N4O. The minimum absolute atomic E-state index is 0.134. The van der Waals surface area contributed by atoms with E-state index in [0.717, 1.165) is 11.4 Å². The summed E-state index contributed by atoms with van der Waals surface area (Å²) in [6, 6.07) is 9.41. The van der Waals surface area contributed by atoms with Crippen LogP contribution in [0.5, 0.6) is 0 Å². The predicted octanol–water partition coefficient (Wildman–Crippen LogP) is 0.741. The number of benzene rings is 1. The largest absolute Gasteiger partial charge is 0.382 e. The highest BCUT2D eigenvalue weighted by atomic mass is 16.3. The molecule has 1 aromatic heterocycles. The highest BCUT2D eigenvalue weighted by Crippen LogP contribution is 2.22. The van der Waals surface area contributed by atoms with Gasteiger partial charge in [-0.25, -0.2) is 9.67 Å². The number of nitrogens with zero attached hydrogens (tertiary/aromatic N) is 3. The first-order valence-electron chi connectivity index (χ1n) is 5.91. The van der Waals surface area contributed by atoms with E-state index < -0.39 is 5.60 Å². The number of rotatable bonds is 4. The predicted molar refractivity (Wildman–Crippen MR) is 68.9 cm³/mol. The van der Waals surface area contributed by atoms with Crippen LogP contribution in [0, 0.1) is 13.8 Å². The maximum absolute atomic E-state index is 10.7. The van der Waals surface area contributed by atoms with Gasteiger partial charge in [0.1, 0.15) is 17.2 Å². The average Bonchev–Trinajstić information content (AvgIpc) is 2.68. The molecule has 3 N–H and O–H groups in total. The van der Waals surface area contributed by atoms with E-state index >= 15 is 0 Å². The van der Waals surface area contributed by atoms with Gasteiger partial charge in [-0.2, -0.15) is 5.10 Å². The van der Waals surface area contributed by atoms with E-state index in [2.05, 4.69) is 10.1 Å². The van der Waals surface area contributed by atoms with Gasteiger partial charge in [0, 0.05) is 6.54 Å². The molecule has 1 aromatic carbocycles. The number of aliphatic hydroxyl groups is 1. The van der Waals surface area contributed by atoms with Crippen molar-refractivity contribution in [3.63, 3.8) is 0 Å². The first-order chi connectivity index (χ1) is 8.55. The molecule has 96 valence electrons. The molecule has 2 aromatic rings. The fourth-order valence-corrected chi connectivity index (χ4v) is 1.98. The van der Waals surface area contributed by atoms with E-state index in [1.807, 2.05) is 44.2 Å². The van der Waals surface area contributed by atoms with E-state index in [-0.39, 0.29) is 6.54 Å². The van der Waals surface area contributed by atoms with Crippen molar-refractivity contribution in [2.24, 2.45) is 5.73 Å². The number of aryl methyl sites for hydroxylation is 2. The normalized spacial score (nSPS) is 14.4. The summed E-state index contributed by atoms with van der Waals surface area (Å²) in [5.74, 6) is 1.47. The first kappa shape index (κ1) is 12.7. The second-order valence-corrected chi connectivity index (χ2v) is 4.47. The lowest BCUT2D eigenvalue weighted by Gasteiger charge is -2.27. The molecule has 1 heterocycles. The molecule has 0 aliphatic carbocycles. The topological polar surface area (TPSA) is 77.0 Å². The summed E-state index contributed by atoms with van der Waals surface area (Å²) in [5.41, 5.74) is 5.41. The molecule has 0 bridgehead atoms. The van der Waals surface area contributed by atoms with Gasteiger partial charge in [0.05, 0.1) is 6.54 Å². The quantitative estimate of drug-likeness (QED) is 0.834. The van der Waals surface area contributed by atoms with Crippen molar-refractivity contribution in [3.05, 3.63) is 47.5 Å². The molecule has 0 saturated heterocycles. The van der Waals surface area contributed by atoms with E-state index in [9.17, 15) is 5.11 Å². The minimum Gasteiger partial charge on any atom is -0.382 e. The van der Waals surface area contributed by atoms with E-state index in [4.69, 9.17) is 5.73 Å². The van der Waals surface area contributed by atoms with Crippen LogP contribution in [0.15, 0.2) is 30.3 Å². The molecule has 1 atom stereocenters. The summed E-state index contributed by atoms with van der Waals surface area (Å²) < 4.78 is 1.69. The summed E-state index contributed by atoms with van der Waals surface area (Å²) in [6.45, 7) is 4.13. The molecule has 1 unspecified atom stereocenters. The van der Waals surface area contributed by atoms with Crippen LogP contribution in [-0.4, -0.2) is 26.4 Å². The average molecular weight is 246 g/mol. The Kier molecular flexibility index (Phi) is 3.45. The molecular weight excluding hydrogens is 228 g/mol. The van der Waals surface area contributed by atoms with Crippen molar-refractivity contribution in [1.29, 1.82) is 0 Å². The summed E-state index contributed by atoms with van der Waals surface area (Å²) in [5, 5.41) is 14.9. The minimum atomic E-state index is -1.12. The summed E-state index contributed by atoms with van der Waals surface area (Å²) in [4.78, 5) is 4.22. The third-order valence-electron chi connectivity index (χ3n) is 3.02. The summed E-state index contributed by atoms with van der Waals surface area (Å²) >= 11 is 0. The molecule has 2 rings (SSSR count). The zero-order valence-electron chi connectivity index (χ0n) is 10.7. The van der Waals surface area contributed by atoms with Crippen LogP contribution in [-0.2, 0) is 12.1 Å². The molecule has 5 nitrogen and oxygen atoms in total. The van der Waals surface area contributed by atoms with Crippen LogP contribution < -0.4 is 5.73 Å². The van der Waals surface area contributed by atoms with Crippen molar-refractivity contribution in [1.82, 2.24) is 14.8 Å². The Labute approximate surface area is 106 Å². The van der Waals surface area contributed by atoms with Crippen LogP contribution in [0.1, 0.15) is 17.2 Å². The van der Waals surface area contributed by atoms with Gasteiger partial charge in [-0.1, -0.05) is 30.3 Å². The molecule has 0 spiro atoms. The van der Waals surface area contributed by atoms with Crippen molar-refractivity contribution in [2.75, 3.05) is 6.54 Å². The van der Waals surface area contributed by atoms with Crippen molar-refractivity contribution < 1.29 is 5.11 Å². The zero-order valence-corrected chi connectivity index (χ0v) is 10.7. The lowest BCUT2D eigenvalue weighted by Crippen LogP contribution is -2.39. The fraction of sp³-hybridized carbons (Fsp3) is 0.385. The number of hydrogen-bond donors (Lipinski definition) is 2. The molecule has 0 radical (unpaired) electrons. The van der Waals surface area contributed by atoms with Crippen LogP contribution >= 0.6 is 0 Å². The lowest BCUT2D eigenvalue weighted by molar-refractivity contribution is 0.0232. The standard InChI is InChI=1S/C13H18N4O/c1-10-15-11(2)17(16-10)9-13(18,8-14)12-6-4-3-5-7-12/h3-7,18H,8-9,14H2,1-2H3. The van der Waals surface area contributed by atoms with Gasteiger partial charge in [0.2, 0.25) is 0 Å². The van der Waals surface area contributed by atoms with Crippen LogP contribution in [0.4, 0.5) is 0 Å². The van der Waals surface area contributed by atoms with Crippen LogP contribution in [0.3, 0.4) is 0 Å². The fourth-order valence-electron chi connectivity index (χ4n) is 1.98. The van der Waals surface area contributed by atoms with Crippen molar-refractivity contribution in [3.8, 4) is 0 Å². The molecule has 0 aliphatic rings. The Hall–Kier alpha value is -1.72. The van der Waals surface area contributed by atoms with Gasteiger partial charge < -0.3 is 10.8 Å². The second kappa shape index (κ2) is 4.88. The van der Waals surface area contributed by atoms with E-state index in [1.54, 1.807) is 4.68 Å². The Morgan fingerprint density at radius 3 is 2.44 bits per heavy atom. The number of aromatic nitrogens is 3. The van der Waals surface area contributed by atoms with Gasteiger partial charge in [0.25, 0.3) is 0 Å². The third-order valence-corrected chi connectivity index (χ3v) is 3.02. The highest BCUT2D eigenvalue weighted by molar-refractivity contribution is 5.22. The number of nitrogens with two attached hydrogens (primary N) is 1. The van der Waals surface area contributed by atoms with Crippen LogP contribution in [0.25, 0.3) is 0 Å². The SMILES string of the molecule is Cc1nc(C)n(CC(O)(CN)c2ccccc2)n1. The number of hydrogen-bond acceptors (Lipinski definition) is 4. The monoisotopic (exact) mass is 246 g/mol. The first-order valence-corrected chi connectivity index (χ1v) is 5.91. The van der Waals surface area contributed by atoms with Gasteiger partial charge in [0.15, 0.2) is 0 Å². The maximum atomic E-state index is 10.7. The summed E-state index contributed by atoms with van der Waals surface area (Å²) in [6.07, 6.45) is 0. The molecule has 5 heteroatoms. The smallest absolute Gasteiger partial charge is 0.147 e. The highest BCUT2D eigenvalue weighted by Gasteiger charge is 2.29. The van der Waals surface area contributed by atoms with Gasteiger partial charge in [-0.05, 0) is 19.4 Å². The molecule has 0 aliphatic heterocycles. The Balaban J connectivity index is 2.32.